The number of benzene rings is 1. The molecule has 1 aromatic rings. The predicted octanol–water partition coefficient (Wildman–Crippen LogP) is 2.41. The van der Waals surface area contributed by atoms with Gasteiger partial charge in [0.2, 0.25) is 6.54 Å². The van der Waals surface area contributed by atoms with Gasteiger partial charge in [-0.3, -0.25) is 0 Å². The predicted molar refractivity (Wildman–Crippen MR) is 48.0 cm³/mol. The Bertz CT molecular complexity index is 301. The van der Waals surface area contributed by atoms with Crippen LogP contribution in [0.15, 0.2) is 24.3 Å². The number of phenols is 1. The number of aromatic hydroxyl groups is 1. The first kappa shape index (κ1) is 8.61. The van der Waals surface area contributed by atoms with E-state index in [4.69, 9.17) is 11.7 Å². The van der Waals surface area contributed by atoms with Crippen molar-refractivity contribution in [2.75, 3.05) is 6.54 Å². The first-order valence-electron chi connectivity index (χ1n) is 3.86. The Balaban J connectivity index is 2.82. The fourth-order valence-corrected chi connectivity index (χ4v) is 1.07. The molecule has 0 heterocycles. The molecule has 0 saturated carbocycles. The van der Waals surface area contributed by atoms with Gasteiger partial charge in [0.05, 0.1) is 5.92 Å². The summed E-state index contributed by atoms with van der Waals surface area (Å²) in [5.74, 6) is 0.471. The number of rotatable bonds is 2. The number of nitrogens with zero attached hydrogens (tertiary/aromatic N) is 1. The summed E-state index contributed by atoms with van der Waals surface area (Å²) in [5.41, 5.74) is 1.02. The third kappa shape index (κ3) is 2.00. The van der Waals surface area contributed by atoms with Crippen molar-refractivity contribution in [3.8, 4) is 5.75 Å². The largest absolute Gasteiger partial charge is 0.508 e. The van der Waals surface area contributed by atoms with Gasteiger partial charge >= 0.3 is 0 Å². The van der Waals surface area contributed by atoms with Gasteiger partial charge in [-0.25, -0.2) is 6.57 Å². The molecule has 1 unspecified atom stereocenters. The van der Waals surface area contributed by atoms with Gasteiger partial charge in [0.15, 0.2) is 0 Å². The Morgan fingerprint density at radius 2 is 2.33 bits per heavy atom. The van der Waals surface area contributed by atoms with Crippen LogP contribution in [0.4, 0.5) is 0 Å². The average Bonchev–Trinajstić information content (AvgIpc) is 2.05. The lowest BCUT2D eigenvalue weighted by atomic mass is 10.0. The maximum Gasteiger partial charge on any atom is 0.221 e. The zero-order chi connectivity index (χ0) is 8.97. The van der Waals surface area contributed by atoms with Crippen molar-refractivity contribution in [3.05, 3.63) is 41.2 Å². The molecule has 0 spiro atoms. The van der Waals surface area contributed by atoms with E-state index < -0.39 is 0 Å². The Labute approximate surface area is 72.3 Å². The zero-order valence-electron chi connectivity index (χ0n) is 6.99. The monoisotopic (exact) mass is 161 g/mol. The molecule has 0 amide bonds. The summed E-state index contributed by atoms with van der Waals surface area (Å²) < 4.78 is 0. The molecular formula is C10H11NO. The third-order valence-corrected chi connectivity index (χ3v) is 1.80. The zero-order valence-corrected chi connectivity index (χ0v) is 6.99. The van der Waals surface area contributed by atoms with Gasteiger partial charge in [-0.15, -0.1) is 0 Å². The van der Waals surface area contributed by atoms with E-state index in [-0.39, 0.29) is 11.7 Å². The second-order valence-electron chi connectivity index (χ2n) is 2.84. The van der Waals surface area contributed by atoms with Gasteiger partial charge in [-0.2, -0.15) is 0 Å². The van der Waals surface area contributed by atoms with Crippen molar-refractivity contribution in [1.82, 2.24) is 0 Å². The Morgan fingerprint density at radius 3 is 2.92 bits per heavy atom. The van der Waals surface area contributed by atoms with Crippen molar-refractivity contribution < 1.29 is 5.11 Å². The Kier molecular flexibility index (Phi) is 2.71. The smallest absolute Gasteiger partial charge is 0.221 e. The molecule has 0 bridgehead atoms. The highest BCUT2D eigenvalue weighted by molar-refractivity contribution is 5.29. The second-order valence-corrected chi connectivity index (χ2v) is 2.84. The molecule has 0 aliphatic rings. The summed E-state index contributed by atoms with van der Waals surface area (Å²) in [6.07, 6.45) is 0. The molecule has 1 N–H and O–H groups in total. The molecule has 0 aliphatic carbocycles. The molecule has 0 fully saturated rings. The van der Waals surface area contributed by atoms with Crippen molar-refractivity contribution in [1.29, 1.82) is 0 Å². The molecule has 62 valence electrons. The normalized spacial score (nSPS) is 12.0. The van der Waals surface area contributed by atoms with Crippen LogP contribution < -0.4 is 0 Å². The summed E-state index contributed by atoms with van der Waals surface area (Å²) in [6, 6.07) is 7.06. The highest BCUT2D eigenvalue weighted by Crippen LogP contribution is 2.19. The van der Waals surface area contributed by atoms with Gasteiger partial charge in [0, 0.05) is 0 Å². The van der Waals surface area contributed by atoms with Gasteiger partial charge in [-0.1, -0.05) is 19.1 Å². The van der Waals surface area contributed by atoms with Gasteiger partial charge in [-0.05, 0) is 17.7 Å². The van der Waals surface area contributed by atoms with E-state index in [1.165, 1.54) is 0 Å². The lowest BCUT2D eigenvalue weighted by molar-refractivity contribution is 0.474. The summed E-state index contributed by atoms with van der Waals surface area (Å²) >= 11 is 0. The molecule has 2 nitrogen and oxygen atoms in total. The van der Waals surface area contributed by atoms with Gasteiger partial charge < -0.3 is 9.95 Å². The maximum atomic E-state index is 9.15. The molecule has 0 saturated heterocycles. The number of hydrogen-bond donors (Lipinski definition) is 1. The van der Waals surface area contributed by atoms with Crippen LogP contribution in [0.5, 0.6) is 5.75 Å². The van der Waals surface area contributed by atoms with E-state index in [2.05, 4.69) is 4.85 Å². The maximum absolute atomic E-state index is 9.15. The summed E-state index contributed by atoms with van der Waals surface area (Å²) in [4.78, 5) is 3.31. The standard InChI is InChI=1S/C10H11NO/c1-8(7-11-2)9-4-3-5-10(12)6-9/h3-6,8,12H,7H2,1H3. The first-order valence-corrected chi connectivity index (χ1v) is 3.86. The van der Waals surface area contributed by atoms with E-state index in [9.17, 15) is 0 Å². The fourth-order valence-electron chi connectivity index (χ4n) is 1.07. The topological polar surface area (TPSA) is 24.6 Å². The third-order valence-electron chi connectivity index (χ3n) is 1.80. The molecule has 0 aliphatic heterocycles. The molecule has 1 aromatic carbocycles. The minimum atomic E-state index is 0.203. The molecule has 0 aromatic heterocycles. The second kappa shape index (κ2) is 3.77. The van der Waals surface area contributed by atoms with E-state index in [1.54, 1.807) is 18.2 Å². The van der Waals surface area contributed by atoms with E-state index >= 15 is 0 Å². The molecule has 1 atom stereocenters. The van der Waals surface area contributed by atoms with Crippen LogP contribution >= 0.6 is 0 Å². The van der Waals surface area contributed by atoms with Gasteiger partial charge in [0.1, 0.15) is 5.75 Å². The van der Waals surface area contributed by atoms with E-state index in [1.807, 2.05) is 13.0 Å². The average molecular weight is 161 g/mol. The van der Waals surface area contributed by atoms with Crippen molar-refractivity contribution in [2.24, 2.45) is 0 Å². The lowest BCUT2D eigenvalue weighted by Gasteiger charge is -2.04. The van der Waals surface area contributed by atoms with E-state index in [0.29, 0.717) is 6.54 Å². The first-order chi connectivity index (χ1) is 5.74. The minimum Gasteiger partial charge on any atom is -0.508 e. The quantitative estimate of drug-likeness (QED) is 0.662. The summed E-state index contributed by atoms with van der Waals surface area (Å²) in [5, 5.41) is 9.15. The summed E-state index contributed by atoms with van der Waals surface area (Å²) in [7, 11) is 0. The number of phenolic OH excluding ortho intramolecular Hbond substituents is 1. The molecular weight excluding hydrogens is 150 g/mol. The van der Waals surface area contributed by atoms with Crippen LogP contribution in [-0.4, -0.2) is 11.7 Å². The SMILES string of the molecule is [C-]#[N+]CC(C)c1cccc(O)c1. The van der Waals surface area contributed by atoms with Crippen LogP contribution in [0.2, 0.25) is 0 Å². The Morgan fingerprint density at radius 1 is 1.58 bits per heavy atom. The van der Waals surface area contributed by atoms with Gasteiger partial charge in [0.25, 0.3) is 0 Å². The van der Waals surface area contributed by atoms with Crippen molar-refractivity contribution >= 4 is 0 Å². The number of hydrogen-bond acceptors (Lipinski definition) is 1. The lowest BCUT2D eigenvalue weighted by Crippen LogP contribution is -1.95. The minimum absolute atomic E-state index is 0.203. The van der Waals surface area contributed by atoms with Crippen LogP contribution in [0.3, 0.4) is 0 Å². The van der Waals surface area contributed by atoms with Crippen LogP contribution in [-0.2, 0) is 0 Å². The van der Waals surface area contributed by atoms with Crippen LogP contribution in [0.1, 0.15) is 18.4 Å². The summed E-state index contributed by atoms with van der Waals surface area (Å²) in [6.45, 7) is 9.15. The van der Waals surface area contributed by atoms with Crippen molar-refractivity contribution in [3.63, 3.8) is 0 Å². The molecule has 2 heteroatoms. The van der Waals surface area contributed by atoms with Crippen LogP contribution in [0, 0.1) is 6.57 Å². The highest BCUT2D eigenvalue weighted by atomic mass is 16.3. The Hall–Kier alpha value is -1.49. The molecule has 1 rings (SSSR count). The van der Waals surface area contributed by atoms with E-state index in [0.717, 1.165) is 5.56 Å². The highest BCUT2D eigenvalue weighted by Gasteiger charge is 2.07. The van der Waals surface area contributed by atoms with Crippen LogP contribution in [0.25, 0.3) is 4.85 Å². The molecule has 0 radical (unpaired) electrons. The van der Waals surface area contributed by atoms with Crippen molar-refractivity contribution in [2.45, 2.75) is 12.8 Å². The molecule has 12 heavy (non-hydrogen) atoms. The fraction of sp³-hybridized carbons (Fsp3) is 0.300.